The van der Waals surface area contributed by atoms with Crippen molar-refractivity contribution >= 4 is 5.91 Å². The Kier molecular flexibility index (Phi) is 3.56. The monoisotopic (exact) mass is 258 g/mol. The zero-order valence-electron chi connectivity index (χ0n) is 11.6. The summed E-state index contributed by atoms with van der Waals surface area (Å²) in [6.07, 6.45) is 3.65. The summed E-state index contributed by atoms with van der Waals surface area (Å²) >= 11 is 0. The Morgan fingerprint density at radius 2 is 2.21 bits per heavy atom. The molecule has 0 bridgehead atoms. The fourth-order valence-corrected chi connectivity index (χ4v) is 2.76. The molecule has 1 aromatic rings. The van der Waals surface area contributed by atoms with Gasteiger partial charge in [-0.15, -0.1) is 0 Å². The molecule has 1 amide bonds. The molecule has 1 aliphatic carbocycles. The van der Waals surface area contributed by atoms with Crippen LogP contribution in [0.5, 0.6) is 0 Å². The zero-order valence-corrected chi connectivity index (χ0v) is 11.6. The van der Waals surface area contributed by atoms with Crippen LogP contribution in [0.3, 0.4) is 0 Å². The molecule has 0 radical (unpaired) electrons. The lowest BCUT2D eigenvalue weighted by atomic mass is 9.98. The van der Waals surface area contributed by atoms with Gasteiger partial charge in [0.2, 0.25) is 0 Å². The molecule has 0 atom stereocenters. The number of nitrogens with zero attached hydrogens (tertiary/aromatic N) is 1. The van der Waals surface area contributed by atoms with E-state index in [0.717, 1.165) is 44.1 Å². The number of fused-ring (bicyclic) bond motifs is 1. The highest BCUT2D eigenvalue weighted by Crippen LogP contribution is 2.30. The first-order valence-electron chi connectivity index (χ1n) is 7.39. The minimum Gasteiger partial charge on any atom is -0.339 e. The first-order chi connectivity index (χ1) is 9.28. The van der Waals surface area contributed by atoms with Gasteiger partial charge in [-0.25, -0.2) is 0 Å². The van der Waals surface area contributed by atoms with Crippen LogP contribution in [0, 0.1) is 5.92 Å². The number of carbonyl (C=O) groups is 1. The molecule has 1 saturated carbocycles. The van der Waals surface area contributed by atoms with Crippen molar-refractivity contribution in [2.45, 2.75) is 32.7 Å². The van der Waals surface area contributed by atoms with Crippen molar-refractivity contribution in [1.29, 1.82) is 0 Å². The summed E-state index contributed by atoms with van der Waals surface area (Å²) in [6, 6.07) is 6.22. The molecule has 3 nitrogen and oxygen atoms in total. The Hall–Kier alpha value is -1.35. The molecule has 1 aromatic carbocycles. The van der Waals surface area contributed by atoms with E-state index in [1.165, 1.54) is 24.0 Å². The Balaban J connectivity index is 1.77. The van der Waals surface area contributed by atoms with Crippen molar-refractivity contribution in [3.05, 3.63) is 34.9 Å². The van der Waals surface area contributed by atoms with Crippen LogP contribution < -0.4 is 5.32 Å². The van der Waals surface area contributed by atoms with E-state index >= 15 is 0 Å². The molecule has 19 heavy (non-hydrogen) atoms. The molecule has 3 heteroatoms. The molecule has 1 fully saturated rings. The maximum atomic E-state index is 12.5. The average molecular weight is 258 g/mol. The third-order valence-corrected chi connectivity index (χ3v) is 4.18. The van der Waals surface area contributed by atoms with Crippen molar-refractivity contribution in [2.24, 2.45) is 5.92 Å². The number of hydrogen-bond acceptors (Lipinski definition) is 2. The lowest BCUT2D eigenvalue weighted by molar-refractivity contribution is 0.0757. The van der Waals surface area contributed by atoms with Crippen LogP contribution in [-0.4, -0.2) is 30.4 Å². The highest BCUT2D eigenvalue weighted by molar-refractivity contribution is 5.94. The first-order valence-corrected chi connectivity index (χ1v) is 7.39. The highest BCUT2D eigenvalue weighted by Gasteiger charge is 2.26. The molecular weight excluding hydrogens is 236 g/mol. The van der Waals surface area contributed by atoms with E-state index in [-0.39, 0.29) is 5.91 Å². The Morgan fingerprint density at radius 3 is 2.95 bits per heavy atom. The second-order valence-corrected chi connectivity index (χ2v) is 5.70. The molecule has 0 saturated heterocycles. The molecule has 1 heterocycles. The van der Waals surface area contributed by atoms with Gasteiger partial charge in [-0.3, -0.25) is 4.79 Å². The summed E-state index contributed by atoms with van der Waals surface area (Å²) in [4.78, 5) is 14.5. The molecular formula is C16H22N2O. The number of amides is 1. The van der Waals surface area contributed by atoms with Crippen LogP contribution in [0.15, 0.2) is 18.2 Å². The molecule has 0 spiro atoms. The third kappa shape index (κ3) is 2.81. The van der Waals surface area contributed by atoms with E-state index in [0.29, 0.717) is 0 Å². The second kappa shape index (κ2) is 5.33. The molecule has 0 unspecified atom stereocenters. The van der Waals surface area contributed by atoms with Crippen LogP contribution in [0.2, 0.25) is 0 Å². The van der Waals surface area contributed by atoms with Gasteiger partial charge in [0.25, 0.3) is 5.91 Å². The maximum Gasteiger partial charge on any atom is 0.253 e. The van der Waals surface area contributed by atoms with Gasteiger partial charge in [-0.1, -0.05) is 6.07 Å². The number of nitrogens with one attached hydrogen (secondary N) is 1. The fraction of sp³-hybridized carbons (Fsp3) is 0.562. The molecule has 3 rings (SSSR count). The predicted octanol–water partition coefficient (Wildman–Crippen LogP) is 2.20. The van der Waals surface area contributed by atoms with Crippen molar-refractivity contribution in [1.82, 2.24) is 10.2 Å². The summed E-state index contributed by atoms with van der Waals surface area (Å²) in [7, 11) is 0. The quantitative estimate of drug-likeness (QED) is 0.898. The van der Waals surface area contributed by atoms with E-state index in [1.807, 2.05) is 11.0 Å². The van der Waals surface area contributed by atoms with E-state index < -0.39 is 0 Å². The normalized spacial score (nSPS) is 17.9. The summed E-state index contributed by atoms with van der Waals surface area (Å²) in [5.41, 5.74) is 3.53. The number of rotatable bonds is 4. The zero-order chi connectivity index (χ0) is 13.2. The molecule has 0 aromatic heterocycles. The Labute approximate surface area is 115 Å². The van der Waals surface area contributed by atoms with Crippen molar-refractivity contribution in [2.75, 3.05) is 19.6 Å². The largest absolute Gasteiger partial charge is 0.339 e. The van der Waals surface area contributed by atoms with E-state index in [2.05, 4.69) is 24.4 Å². The molecule has 2 aliphatic rings. The number of benzene rings is 1. The van der Waals surface area contributed by atoms with Gasteiger partial charge in [-0.05, 0) is 61.9 Å². The topological polar surface area (TPSA) is 32.3 Å². The second-order valence-electron chi connectivity index (χ2n) is 5.70. The predicted molar refractivity (Wildman–Crippen MR) is 76.2 cm³/mol. The summed E-state index contributed by atoms with van der Waals surface area (Å²) in [5.74, 6) is 0.950. The van der Waals surface area contributed by atoms with Gasteiger partial charge in [0.15, 0.2) is 0 Å². The van der Waals surface area contributed by atoms with Crippen LogP contribution in [0.4, 0.5) is 0 Å². The Morgan fingerprint density at radius 1 is 1.37 bits per heavy atom. The van der Waals surface area contributed by atoms with Crippen molar-refractivity contribution in [3.8, 4) is 0 Å². The number of hydrogen-bond donors (Lipinski definition) is 1. The summed E-state index contributed by atoms with van der Waals surface area (Å²) in [6.45, 7) is 5.75. The van der Waals surface area contributed by atoms with Crippen LogP contribution in [-0.2, 0) is 13.0 Å². The van der Waals surface area contributed by atoms with Crippen LogP contribution >= 0.6 is 0 Å². The fourth-order valence-electron chi connectivity index (χ4n) is 2.76. The SMILES string of the molecule is CCN(CC1CC1)C(=O)c1ccc2c(c1)CNCC2. The summed E-state index contributed by atoms with van der Waals surface area (Å²) < 4.78 is 0. The third-order valence-electron chi connectivity index (χ3n) is 4.18. The first kappa shape index (κ1) is 12.7. The average Bonchev–Trinajstić information content (AvgIpc) is 3.27. The van der Waals surface area contributed by atoms with E-state index in [4.69, 9.17) is 0 Å². The van der Waals surface area contributed by atoms with Gasteiger partial charge in [-0.2, -0.15) is 0 Å². The lowest BCUT2D eigenvalue weighted by Crippen LogP contribution is -2.33. The van der Waals surface area contributed by atoms with Gasteiger partial charge >= 0.3 is 0 Å². The van der Waals surface area contributed by atoms with Crippen molar-refractivity contribution in [3.63, 3.8) is 0 Å². The van der Waals surface area contributed by atoms with Crippen LogP contribution in [0.1, 0.15) is 41.3 Å². The van der Waals surface area contributed by atoms with Gasteiger partial charge in [0.05, 0.1) is 0 Å². The Bertz CT molecular complexity index is 480. The standard InChI is InChI=1S/C16H22N2O/c1-2-18(11-12-3-4-12)16(19)14-6-5-13-7-8-17-10-15(13)9-14/h5-6,9,12,17H,2-4,7-8,10-11H2,1H3. The van der Waals surface area contributed by atoms with Gasteiger partial charge in [0.1, 0.15) is 0 Å². The smallest absolute Gasteiger partial charge is 0.253 e. The lowest BCUT2D eigenvalue weighted by Gasteiger charge is -2.22. The van der Waals surface area contributed by atoms with Crippen molar-refractivity contribution < 1.29 is 4.79 Å². The minimum absolute atomic E-state index is 0.197. The van der Waals surface area contributed by atoms with Gasteiger partial charge in [0, 0.05) is 25.2 Å². The molecule has 1 N–H and O–H groups in total. The van der Waals surface area contributed by atoms with Crippen LogP contribution in [0.25, 0.3) is 0 Å². The highest BCUT2D eigenvalue weighted by atomic mass is 16.2. The van der Waals surface area contributed by atoms with Gasteiger partial charge < -0.3 is 10.2 Å². The maximum absolute atomic E-state index is 12.5. The van der Waals surface area contributed by atoms with E-state index in [9.17, 15) is 4.79 Å². The summed E-state index contributed by atoms with van der Waals surface area (Å²) in [5, 5.41) is 3.37. The molecule has 102 valence electrons. The molecule has 1 aliphatic heterocycles. The van der Waals surface area contributed by atoms with E-state index in [1.54, 1.807) is 0 Å². The number of carbonyl (C=O) groups excluding carboxylic acids is 1. The minimum atomic E-state index is 0.197.